The first kappa shape index (κ1) is 15.2. The molecule has 0 amide bonds. The minimum Gasteiger partial charge on any atom is -0.334 e. The maximum Gasteiger partial charge on any atom is 0.280 e. The zero-order valence-corrected chi connectivity index (χ0v) is 13.1. The summed E-state index contributed by atoms with van der Waals surface area (Å²) in [6.07, 6.45) is 0.986. The van der Waals surface area contributed by atoms with Crippen molar-refractivity contribution in [2.45, 2.75) is 20.3 Å². The van der Waals surface area contributed by atoms with Crippen molar-refractivity contribution in [3.05, 3.63) is 64.2 Å². The molecule has 1 aromatic heterocycles. The van der Waals surface area contributed by atoms with E-state index < -0.39 is 11.4 Å². The van der Waals surface area contributed by atoms with Crippen LogP contribution in [0.4, 0.5) is 4.39 Å². The molecule has 118 valence electrons. The third-order valence-corrected chi connectivity index (χ3v) is 3.72. The van der Waals surface area contributed by atoms with Gasteiger partial charge >= 0.3 is 0 Å². The number of hydrogen-bond acceptors (Lipinski definition) is 3. The molecular weight excluding hydrogens is 293 g/mol. The first-order valence-electron chi connectivity index (χ1n) is 7.52. The van der Waals surface area contributed by atoms with E-state index in [1.807, 2.05) is 24.3 Å². The second-order valence-corrected chi connectivity index (χ2v) is 6.07. The smallest absolute Gasteiger partial charge is 0.280 e. The summed E-state index contributed by atoms with van der Waals surface area (Å²) in [6.45, 7) is 4.32. The first-order chi connectivity index (χ1) is 11.0. The van der Waals surface area contributed by atoms with E-state index in [-0.39, 0.29) is 5.39 Å². The number of rotatable bonds is 3. The van der Waals surface area contributed by atoms with E-state index in [4.69, 9.17) is 5.84 Å². The molecule has 0 saturated carbocycles. The monoisotopic (exact) mass is 311 g/mol. The Morgan fingerprint density at radius 2 is 1.87 bits per heavy atom. The summed E-state index contributed by atoms with van der Waals surface area (Å²) in [5, 5.41) is 0.174. The lowest BCUT2D eigenvalue weighted by molar-refractivity contribution is 0.629. The van der Waals surface area contributed by atoms with Crippen LogP contribution in [-0.2, 0) is 6.42 Å². The van der Waals surface area contributed by atoms with E-state index in [0.717, 1.165) is 22.7 Å². The number of aromatic nitrogens is 2. The highest BCUT2D eigenvalue weighted by atomic mass is 19.1. The number of halogens is 1. The largest absolute Gasteiger partial charge is 0.334 e. The topological polar surface area (TPSA) is 60.9 Å². The van der Waals surface area contributed by atoms with Gasteiger partial charge in [-0.25, -0.2) is 14.1 Å². The highest BCUT2D eigenvalue weighted by Gasteiger charge is 2.11. The highest BCUT2D eigenvalue weighted by Crippen LogP contribution is 2.19. The molecule has 3 rings (SSSR count). The van der Waals surface area contributed by atoms with Crippen LogP contribution in [0, 0.1) is 11.7 Å². The summed E-state index contributed by atoms with van der Waals surface area (Å²) in [5.41, 5.74) is 1.94. The van der Waals surface area contributed by atoms with Gasteiger partial charge in [0.25, 0.3) is 5.56 Å². The molecule has 5 heteroatoms. The van der Waals surface area contributed by atoms with Gasteiger partial charge < -0.3 is 5.84 Å². The van der Waals surface area contributed by atoms with Crippen molar-refractivity contribution in [2.75, 3.05) is 5.84 Å². The molecule has 0 fully saturated rings. The predicted molar refractivity (Wildman–Crippen MR) is 90.1 cm³/mol. The van der Waals surface area contributed by atoms with Crippen LogP contribution >= 0.6 is 0 Å². The lowest BCUT2D eigenvalue weighted by atomic mass is 10.0. The molecular formula is C18H18FN3O. The molecule has 0 radical (unpaired) electrons. The van der Waals surface area contributed by atoms with Crippen molar-refractivity contribution in [2.24, 2.45) is 5.92 Å². The number of nitrogens with two attached hydrogens (primary N) is 1. The number of hydrogen-bond donors (Lipinski definition) is 1. The van der Waals surface area contributed by atoms with Crippen molar-refractivity contribution < 1.29 is 4.39 Å². The van der Waals surface area contributed by atoms with Crippen LogP contribution in [0.25, 0.3) is 22.3 Å². The van der Waals surface area contributed by atoms with E-state index in [1.54, 1.807) is 0 Å². The van der Waals surface area contributed by atoms with Crippen molar-refractivity contribution in [1.82, 2.24) is 9.66 Å². The van der Waals surface area contributed by atoms with Crippen LogP contribution in [0.2, 0.25) is 0 Å². The highest BCUT2D eigenvalue weighted by molar-refractivity contribution is 5.79. The van der Waals surface area contributed by atoms with Gasteiger partial charge in [0.05, 0.1) is 10.9 Å². The van der Waals surface area contributed by atoms with Crippen molar-refractivity contribution >= 4 is 10.9 Å². The quantitative estimate of drug-likeness (QED) is 0.756. The minimum atomic E-state index is -0.484. The third-order valence-electron chi connectivity index (χ3n) is 3.72. The lowest BCUT2D eigenvalue weighted by Crippen LogP contribution is -2.30. The van der Waals surface area contributed by atoms with Crippen LogP contribution in [0.1, 0.15) is 19.4 Å². The fourth-order valence-electron chi connectivity index (χ4n) is 2.64. The van der Waals surface area contributed by atoms with Gasteiger partial charge in [-0.05, 0) is 36.1 Å². The zero-order chi connectivity index (χ0) is 16.6. The second-order valence-electron chi connectivity index (χ2n) is 6.07. The Morgan fingerprint density at radius 3 is 2.52 bits per heavy atom. The average molecular weight is 311 g/mol. The number of benzene rings is 2. The Morgan fingerprint density at radius 1 is 1.17 bits per heavy atom. The minimum absolute atomic E-state index is 0.174. The molecule has 0 aliphatic rings. The van der Waals surface area contributed by atoms with Gasteiger partial charge in [-0.3, -0.25) is 4.79 Å². The number of nitrogens with zero attached hydrogens (tertiary/aromatic N) is 2. The fourth-order valence-corrected chi connectivity index (χ4v) is 2.64. The van der Waals surface area contributed by atoms with Crippen LogP contribution in [0.15, 0.2) is 47.3 Å². The van der Waals surface area contributed by atoms with Crippen LogP contribution in [0.5, 0.6) is 0 Å². The Kier molecular flexibility index (Phi) is 3.86. The summed E-state index contributed by atoms with van der Waals surface area (Å²) in [4.78, 5) is 16.7. The molecule has 0 spiro atoms. The summed E-state index contributed by atoms with van der Waals surface area (Å²) >= 11 is 0. The van der Waals surface area contributed by atoms with Gasteiger partial charge in [-0.1, -0.05) is 38.1 Å². The molecule has 1 heterocycles. The Labute approximate surface area is 133 Å². The van der Waals surface area contributed by atoms with Gasteiger partial charge in [-0.2, -0.15) is 0 Å². The van der Waals surface area contributed by atoms with Gasteiger partial charge in [0.1, 0.15) is 5.82 Å². The standard InChI is InChI=1S/C18H18FN3O/c1-11(2)9-12-3-5-13(6-4-12)17-21-16-8-7-14(19)10-15(16)18(23)22(17)20/h3-8,10-11H,9,20H2,1-2H3. The summed E-state index contributed by atoms with van der Waals surface area (Å²) < 4.78 is 14.3. The van der Waals surface area contributed by atoms with Crippen molar-refractivity contribution in [3.63, 3.8) is 0 Å². The molecule has 0 saturated heterocycles. The molecule has 2 aromatic carbocycles. The average Bonchev–Trinajstić information content (AvgIpc) is 2.52. The Balaban J connectivity index is 2.11. The summed E-state index contributed by atoms with van der Waals surface area (Å²) in [6, 6.07) is 11.8. The third kappa shape index (κ3) is 2.95. The van der Waals surface area contributed by atoms with E-state index in [0.29, 0.717) is 17.3 Å². The predicted octanol–water partition coefficient (Wildman–Crippen LogP) is 3.11. The van der Waals surface area contributed by atoms with Gasteiger partial charge in [0.15, 0.2) is 5.82 Å². The lowest BCUT2D eigenvalue weighted by Gasteiger charge is -2.10. The molecule has 4 nitrogen and oxygen atoms in total. The van der Waals surface area contributed by atoms with E-state index >= 15 is 0 Å². The van der Waals surface area contributed by atoms with E-state index in [1.165, 1.54) is 17.7 Å². The van der Waals surface area contributed by atoms with E-state index in [2.05, 4.69) is 18.8 Å². The van der Waals surface area contributed by atoms with Crippen LogP contribution < -0.4 is 11.4 Å². The fraction of sp³-hybridized carbons (Fsp3) is 0.222. The molecule has 3 aromatic rings. The zero-order valence-electron chi connectivity index (χ0n) is 13.1. The number of nitrogen functional groups attached to an aromatic ring is 1. The van der Waals surface area contributed by atoms with Gasteiger partial charge in [0.2, 0.25) is 0 Å². The molecule has 0 bridgehead atoms. The Bertz CT molecular complexity index is 914. The first-order valence-corrected chi connectivity index (χ1v) is 7.52. The van der Waals surface area contributed by atoms with Crippen LogP contribution in [0.3, 0.4) is 0 Å². The van der Waals surface area contributed by atoms with E-state index in [9.17, 15) is 9.18 Å². The summed E-state index contributed by atoms with van der Waals surface area (Å²) in [7, 11) is 0. The molecule has 0 unspecified atom stereocenters. The Hall–Kier alpha value is -2.69. The molecule has 0 atom stereocenters. The molecule has 0 aliphatic heterocycles. The molecule has 2 N–H and O–H groups in total. The normalized spacial score (nSPS) is 11.3. The molecule has 0 aliphatic carbocycles. The van der Waals surface area contributed by atoms with Crippen LogP contribution in [-0.4, -0.2) is 9.66 Å². The second kappa shape index (κ2) is 5.83. The van der Waals surface area contributed by atoms with Gasteiger partial charge in [-0.15, -0.1) is 0 Å². The number of fused-ring (bicyclic) bond motifs is 1. The molecule has 23 heavy (non-hydrogen) atoms. The maximum atomic E-state index is 13.3. The summed E-state index contributed by atoms with van der Waals surface area (Å²) in [5.74, 6) is 6.32. The SMILES string of the molecule is CC(C)Cc1ccc(-c2nc3ccc(F)cc3c(=O)n2N)cc1. The van der Waals surface area contributed by atoms with Crippen molar-refractivity contribution in [3.8, 4) is 11.4 Å². The maximum absolute atomic E-state index is 13.3. The van der Waals surface area contributed by atoms with Crippen molar-refractivity contribution in [1.29, 1.82) is 0 Å². The van der Waals surface area contributed by atoms with Gasteiger partial charge in [0, 0.05) is 5.56 Å².